The molecule has 1 aromatic heterocycles. The summed E-state index contributed by atoms with van der Waals surface area (Å²) in [7, 11) is 0. The molecule has 4 nitrogen and oxygen atoms in total. The molecule has 0 N–H and O–H groups in total. The number of benzene rings is 1. The maximum absolute atomic E-state index is 14.0. The summed E-state index contributed by atoms with van der Waals surface area (Å²) in [5.41, 5.74) is 0.667. The number of rotatable bonds is 4. The van der Waals surface area contributed by atoms with Crippen molar-refractivity contribution >= 4 is 17.2 Å². The molecule has 28 heavy (non-hydrogen) atoms. The van der Waals surface area contributed by atoms with Crippen molar-refractivity contribution < 1.29 is 13.9 Å². The Hall–Kier alpha value is -1.76. The Balaban J connectivity index is 1.30. The zero-order valence-electron chi connectivity index (χ0n) is 16.3. The van der Waals surface area contributed by atoms with Crippen LogP contribution in [0.5, 0.6) is 0 Å². The number of piperazine rings is 1. The molecule has 2 atom stereocenters. The molecule has 2 fully saturated rings. The molecule has 2 aliphatic heterocycles. The third-order valence-electron chi connectivity index (χ3n) is 5.70. The van der Waals surface area contributed by atoms with Gasteiger partial charge >= 0.3 is 0 Å². The highest BCUT2D eigenvalue weighted by atomic mass is 32.1. The Morgan fingerprint density at radius 2 is 1.96 bits per heavy atom. The van der Waals surface area contributed by atoms with Crippen molar-refractivity contribution in [2.45, 2.75) is 32.4 Å². The molecule has 0 aliphatic carbocycles. The van der Waals surface area contributed by atoms with E-state index in [2.05, 4.69) is 11.0 Å². The van der Waals surface area contributed by atoms with E-state index in [0.717, 1.165) is 50.4 Å². The highest BCUT2D eigenvalue weighted by Gasteiger charge is 2.31. The highest BCUT2D eigenvalue weighted by Crippen LogP contribution is 2.31. The van der Waals surface area contributed by atoms with E-state index in [1.165, 1.54) is 10.9 Å². The summed E-state index contributed by atoms with van der Waals surface area (Å²) in [6.45, 7) is 6.95. The summed E-state index contributed by atoms with van der Waals surface area (Å²) in [5.74, 6) is 0.245. The summed E-state index contributed by atoms with van der Waals surface area (Å²) in [6.07, 6.45) is 1.87. The predicted octanol–water partition coefficient (Wildman–Crippen LogP) is 4.01. The zero-order valence-corrected chi connectivity index (χ0v) is 17.1. The lowest BCUT2D eigenvalue weighted by atomic mass is 9.94. The van der Waals surface area contributed by atoms with Crippen molar-refractivity contribution in [2.24, 2.45) is 5.92 Å². The third kappa shape index (κ3) is 4.45. The quantitative estimate of drug-likeness (QED) is 0.775. The second kappa shape index (κ2) is 8.72. The number of hydrogen-bond acceptors (Lipinski definition) is 4. The van der Waals surface area contributed by atoms with Gasteiger partial charge in [-0.1, -0.05) is 18.2 Å². The van der Waals surface area contributed by atoms with Gasteiger partial charge in [0.2, 0.25) is 5.91 Å². The maximum atomic E-state index is 14.0. The molecule has 2 saturated heterocycles. The first kappa shape index (κ1) is 19.6. The molecule has 0 bridgehead atoms. The molecular weight excluding hydrogens is 375 g/mol. The van der Waals surface area contributed by atoms with Gasteiger partial charge in [0.25, 0.3) is 0 Å². The van der Waals surface area contributed by atoms with E-state index < -0.39 is 0 Å². The highest BCUT2D eigenvalue weighted by molar-refractivity contribution is 7.15. The molecule has 0 saturated carbocycles. The predicted molar refractivity (Wildman–Crippen MR) is 110 cm³/mol. The van der Waals surface area contributed by atoms with Crippen LogP contribution in [0.3, 0.4) is 0 Å². The van der Waals surface area contributed by atoms with Crippen LogP contribution >= 0.6 is 11.3 Å². The van der Waals surface area contributed by atoms with Gasteiger partial charge in [-0.2, -0.15) is 0 Å². The number of nitrogens with zero attached hydrogens (tertiary/aromatic N) is 2. The van der Waals surface area contributed by atoms with Crippen molar-refractivity contribution in [3.8, 4) is 10.4 Å². The molecule has 150 valence electrons. The molecule has 4 rings (SSSR count). The Labute approximate surface area is 169 Å². The number of halogens is 1. The molecule has 1 amide bonds. The van der Waals surface area contributed by atoms with Crippen LogP contribution in [0, 0.1) is 11.7 Å². The lowest BCUT2D eigenvalue weighted by molar-refractivity contribution is -0.142. The normalized spacial score (nSPS) is 23.7. The molecule has 2 aromatic rings. The Bertz CT molecular complexity index is 816. The average Bonchev–Trinajstić information content (AvgIpc) is 3.16. The fourth-order valence-electron chi connectivity index (χ4n) is 4.10. The molecule has 2 aliphatic rings. The topological polar surface area (TPSA) is 32.8 Å². The van der Waals surface area contributed by atoms with E-state index in [0.29, 0.717) is 18.1 Å². The summed E-state index contributed by atoms with van der Waals surface area (Å²) >= 11 is 1.65. The van der Waals surface area contributed by atoms with Crippen LogP contribution < -0.4 is 0 Å². The van der Waals surface area contributed by atoms with Crippen molar-refractivity contribution in [1.29, 1.82) is 0 Å². The van der Waals surface area contributed by atoms with Crippen molar-refractivity contribution in [1.82, 2.24) is 9.80 Å². The second-order valence-corrected chi connectivity index (χ2v) is 8.92. The van der Waals surface area contributed by atoms with E-state index in [4.69, 9.17) is 4.74 Å². The van der Waals surface area contributed by atoms with Gasteiger partial charge < -0.3 is 9.64 Å². The summed E-state index contributed by atoms with van der Waals surface area (Å²) < 4.78 is 19.6. The zero-order chi connectivity index (χ0) is 19.5. The molecule has 1 aromatic carbocycles. The maximum Gasteiger partial charge on any atom is 0.225 e. The van der Waals surface area contributed by atoms with Crippen LogP contribution in [0.25, 0.3) is 10.4 Å². The third-order valence-corrected chi connectivity index (χ3v) is 6.80. The van der Waals surface area contributed by atoms with E-state index >= 15 is 0 Å². The minimum Gasteiger partial charge on any atom is -0.378 e. The molecule has 0 radical (unpaired) electrons. The van der Waals surface area contributed by atoms with E-state index in [9.17, 15) is 9.18 Å². The number of hydrogen-bond donors (Lipinski definition) is 0. The van der Waals surface area contributed by atoms with Gasteiger partial charge in [-0.25, -0.2) is 4.39 Å². The molecule has 6 heteroatoms. The number of ether oxygens (including phenoxy) is 1. The number of thiophene rings is 1. The largest absolute Gasteiger partial charge is 0.378 e. The van der Waals surface area contributed by atoms with E-state index in [1.807, 2.05) is 30.0 Å². The summed E-state index contributed by atoms with van der Waals surface area (Å²) in [6, 6.07) is 11.0. The first-order valence-electron chi connectivity index (χ1n) is 10.1. The van der Waals surface area contributed by atoms with Crippen molar-refractivity contribution in [2.75, 3.05) is 32.8 Å². The average molecular weight is 403 g/mol. The monoisotopic (exact) mass is 402 g/mol. The Morgan fingerprint density at radius 1 is 1.18 bits per heavy atom. The van der Waals surface area contributed by atoms with Gasteiger partial charge in [0.15, 0.2) is 0 Å². The van der Waals surface area contributed by atoms with Gasteiger partial charge in [0.1, 0.15) is 5.82 Å². The van der Waals surface area contributed by atoms with Gasteiger partial charge in [-0.3, -0.25) is 9.69 Å². The minimum absolute atomic E-state index is 0.121. The van der Waals surface area contributed by atoms with Crippen LogP contribution in [0.4, 0.5) is 4.39 Å². The van der Waals surface area contributed by atoms with Crippen molar-refractivity contribution in [3.63, 3.8) is 0 Å². The molecule has 3 heterocycles. The second-order valence-electron chi connectivity index (χ2n) is 7.75. The molecular formula is C22H27FN2O2S. The first-order valence-corrected chi connectivity index (χ1v) is 10.9. The fraction of sp³-hybridized carbons (Fsp3) is 0.500. The van der Waals surface area contributed by atoms with Crippen LogP contribution in [-0.2, 0) is 16.1 Å². The summed E-state index contributed by atoms with van der Waals surface area (Å²) in [5, 5.41) is 0. The van der Waals surface area contributed by atoms with Crippen molar-refractivity contribution in [3.05, 3.63) is 47.1 Å². The van der Waals surface area contributed by atoms with Crippen LogP contribution in [0.15, 0.2) is 36.4 Å². The first-order chi connectivity index (χ1) is 13.6. The molecule has 0 unspecified atom stereocenters. The standard InChI is InChI=1S/C22H27FN2O2S/c1-16-14-17(8-13-27-16)22(26)25-11-9-24(10-12-25)15-18-6-7-21(28-18)19-4-2-3-5-20(19)23/h2-7,16-17H,8-15H2,1H3/t16-,17+/m1/s1. The number of carbonyl (C=O) groups is 1. The van der Waals surface area contributed by atoms with E-state index in [-0.39, 0.29) is 17.8 Å². The Kier molecular flexibility index (Phi) is 6.09. The SMILES string of the molecule is C[C@@H]1C[C@@H](C(=O)N2CCN(Cc3ccc(-c4ccccc4F)s3)CC2)CCO1. The van der Waals surface area contributed by atoms with Crippen LogP contribution in [0.1, 0.15) is 24.6 Å². The van der Waals surface area contributed by atoms with Crippen LogP contribution in [0.2, 0.25) is 0 Å². The van der Waals surface area contributed by atoms with E-state index in [1.54, 1.807) is 17.4 Å². The number of amides is 1. The molecule has 0 spiro atoms. The van der Waals surface area contributed by atoms with Crippen LogP contribution in [-0.4, -0.2) is 54.6 Å². The lowest BCUT2D eigenvalue weighted by Crippen LogP contribution is -2.50. The summed E-state index contributed by atoms with van der Waals surface area (Å²) in [4.78, 5) is 19.4. The smallest absolute Gasteiger partial charge is 0.225 e. The minimum atomic E-state index is -0.176. The number of carbonyl (C=O) groups excluding carboxylic acids is 1. The van der Waals surface area contributed by atoms with Gasteiger partial charge in [0, 0.05) is 60.6 Å². The Morgan fingerprint density at radius 3 is 2.71 bits per heavy atom. The lowest BCUT2D eigenvalue weighted by Gasteiger charge is -2.37. The van der Waals surface area contributed by atoms with Gasteiger partial charge in [-0.15, -0.1) is 11.3 Å². The van der Waals surface area contributed by atoms with Gasteiger partial charge in [-0.05, 0) is 38.0 Å². The fourth-order valence-corrected chi connectivity index (χ4v) is 5.17. The van der Waals surface area contributed by atoms with Gasteiger partial charge in [0.05, 0.1) is 6.10 Å².